The van der Waals surface area contributed by atoms with Gasteiger partial charge in [-0.1, -0.05) is 0 Å². The molecule has 8 heteroatoms. The van der Waals surface area contributed by atoms with Gasteiger partial charge in [0, 0.05) is 45.6 Å². The molecular weight excluding hydrogens is 320 g/mol. The number of alkyl halides is 2. The molecule has 0 unspecified atom stereocenters. The van der Waals surface area contributed by atoms with Crippen LogP contribution in [0.25, 0.3) is 0 Å². The van der Waals surface area contributed by atoms with Gasteiger partial charge in [-0.3, -0.25) is 0 Å². The van der Waals surface area contributed by atoms with Gasteiger partial charge >= 0.3 is 12.2 Å². The van der Waals surface area contributed by atoms with Crippen molar-refractivity contribution in [3.8, 4) is 0 Å². The first-order valence-corrected chi connectivity index (χ1v) is 8.82. The van der Waals surface area contributed by atoms with Crippen molar-refractivity contribution in [3.05, 3.63) is 0 Å². The Balaban J connectivity index is 1.59. The highest BCUT2D eigenvalue weighted by molar-refractivity contribution is 5.84. The van der Waals surface area contributed by atoms with Crippen LogP contribution in [0, 0.1) is 5.92 Å². The molecule has 136 valence electrons. The van der Waals surface area contributed by atoms with Gasteiger partial charge in [0.05, 0.1) is 6.04 Å². The SMILES string of the molecule is O=C(OC(=O)N1CCNC[C@@H]1C1CCC(F)(F)CC1)N1CCCC1. The largest absolute Gasteiger partial charge is 0.419 e. The Bertz CT molecular complexity index is 473. The molecule has 0 spiro atoms. The van der Waals surface area contributed by atoms with Crippen molar-refractivity contribution < 1.29 is 23.1 Å². The minimum atomic E-state index is -2.59. The molecule has 6 nitrogen and oxygen atoms in total. The lowest BCUT2D eigenvalue weighted by molar-refractivity contribution is -0.0565. The predicted molar refractivity (Wildman–Crippen MR) is 83.0 cm³/mol. The number of piperazine rings is 1. The van der Waals surface area contributed by atoms with Gasteiger partial charge in [-0.2, -0.15) is 0 Å². The van der Waals surface area contributed by atoms with Gasteiger partial charge in [-0.25, -0.2) is 18.4 Å². The normalized spacial score (nSPS) is 28.0. The van der Waals surface area contributed by atoms with Crippen LogP contribution >= 0.6 is 0 Å². The Morgan fingerprint density at radius 1 is 1.04 bits per heavy atom. The van der Waals surface area contributed by atoms with E-state index < -0.39 is 18.1 Å². The first-order chi connectivity index (χ1) is 11.5. The van der Waals surface area contributed by atoms with Gasteiger partial charge in [0.25, 0.3) is 0 Å². The molecule has 3 fully saturated rings. The zero-order valence-corrected chi connectivity index (χ0v) is 13.8. The summed E-state index contributed by atoms with van der Waals surface area (Å²) in [5, 5.41) is 3.21. The minimum Gasteiger partial charge on any atom is -0.359 e. The summed E-state index contributed by atoms with van der Waals surface area (Å²) in [4.78, 5) is 27.5. The molecule has 0 aromatic carbocycles. The van der Waals surface area contributed by atoms with Crippen LogP contribution in [0.15, 0.2) is 0 Å². The highest BCUT2D eigenvalue weighted by Crippen LogP contribution is 2.38. The van der Waals surface area contributed by atoms with Gasteiger partial charge in [-0.05, 0) is 31.6 Å². The Morgan fingerprint density at radius 3 is 2.38 bits per heavy atom. The zero-order valence-electron chi connectivity index (χ0n) is 13.8. The van der Waals surface area contributed by atoms with Crippen molar-refractivity contribution in [1.29, 1.82) is 0 Å². The van der Waals surface area contributed by atoms with Gasteiger partial charge in [0.15, 0.2) is 0 Å². The standard InChI is InChI=1S/C16H25F2N3O3/c17-16(18)5-3-12(4-6-16)13-11-19-7-10-21(13)15(23)24-14(22)20-8-1-2-9-20/h12-13,19H,1-11H2/t13-/m1/s1. The van der Waals surface area contributed by atoms with E-state index >= 15 is 0 Å². The predicted octanol–water partition coefficient (Wildman–Crippen LogP) is 2.44. The van der Waals surface area contributed by atoms with Gasteiger partial charge in [0.1, 0.15) is 0 Å². The Kier molecular flexibility index (Phi) is 5.22. The summed E-state index contributed by atoms with van der Waals surface area (Å²) in [6.45, 7) is 2.85. The second-order valence-electron chi connectivity index (χ2n) is 6.99. The van der Waals surface area contributed by atoms with E-state index in [4.69, 9.17) is 4.74 Å². The molecule has 3 rings (SSSR count). The highest BCUT2D eigenvalue weighted by atomic mass is 19.3. The molecule has 1 atom stereocenters. The zero-order chi connectivity index (χ0) is 17.2. The molecule has 2 heterocycles. The number of ether oxygens (including phenoxy) is 1. The Labute approximate surface area is 140 Å². The maximum absolute atomic E-state index is 13.4. The van der Waals surface area contributed by atoms with E-state index in [1.54, 1.807) is 4.90 Å². The third-order valence-electron chi connectivity index (χ3n) is 5.36. The smallest absolute Gasteiger partial charge is 0.359 e. The number of carbonyl (C=O) groups excluding carboxylic acids is 2. The summed E-state index contributed by atoms with van der Waals surface area (Å²) in [6, 6.07) is -0.186. The van der Waals surface area contributed by atoms with Crippen molar-refractivity contribution in [3.63, 3.8) is 0 Å². The van der Waals surface area contributed by atoms with E-state index in [-0.39, 0.29) is 24.8 Å². The number of hydrogen-bond donors (Lipinski definition) is 1. The molecule has 2 amide bonds. The first kappa shape index (κ1) is 17.4. The Hall–Kier alpha value is -1.44. The molecule has 24 heavy (non-hydrogen) atoms. The van der Waals surface area contributed by atoms with Crippen molar-refractivity contribution in [2.75, 3.05) is 32.7 Å². The minimum absolute atomic E-state index is 0.0202. The molecular formula is C16H25F2N3O3. The van der Waals surface area contributed by atoms with E-state index in [1.165, 1.54) is 4.90 Å². The third kappa shape index (κ3) is 3.96. The van der Waals surface area contributed by atoms with E-state index in [0.29, 0.717) is 45.6 Å². The number of rotatable bonds is 1. The van der Waals surface area contributed by atoms with Crippen molar-refractivity contribution in [2.24, 2.45) is 5.92 Å². The van der Waals surface area contributed by atoms with E-state index in [1.807, 2.05) is 0 Å². The fourth-order valence-corrected chi connectivity index (χ4v) is 3.92. The average molecular weight is 345 g/mol. The monoisotopic (exact) mass is 345 g/mol. The van der Waals surface area contributed by atoms with Crippen molar-refractivity contribution in [1.82, 2.24) is 15.1 Å². The molecule has 1 N–H and O–H groups in total. The molecule has 1 saturated carbocycles. The van der Waals surface area contributed by atoms with Crippen molar-refractivity contribution >= 4 is 12.2 Å². The number of carbonyl (C=O) groups is 2. The fourth-order valence-electron chi connectivity index (χ4n) is 3.92. The number of hydrogen-bond acceptors (Lipinski definition) is 4. The highest BCUT2D eigenvalue weighted by Gasteiger charge is 2.41. The quantitative estimate of drug-likeness (QED) is 0.742. The summed E-state index contributed by atoms with van der Waals surface area (Å²) in [6.07, 6.45) is 1.13. The topological polar surface area (TPSA) is 61.9 Å². The van der Waals surface area contributed by atoms with Crippen LogP contribution in [0.2, 0.25) is 0 Å². The lowest BCUT2D eigenvalue weighted by atomic mass is 9.81. The molecule has 3 aliphatic rings. The maximum Gasteiger partial charge on any atom is 0.419 e. The second-order valence-corrected chi connectivity index (χ2v) is 6.99. The molecule has 1 aliphatic carbocycles. The summed E-state index contributed by atoms with van der Waals surface area (Å²) >= 11 is 0. The van der Waals surface area contributed by atoms with Crippen LogP contribution in [0.3, 0.4) is 0 Å². The summed E-state index contributed by atoms with van der Waals surface area (Å²) in [5.41, 5.74) is 0. The van der Waals surface area contributed by atoms with E-state index in [9.17, 15) is 18.4 Å². The molecule has 0 bridgehead atoms. The lowest BCUT2D eigenvalue weighted by Crippen LogP contribution is -2.57. The summed E-state index contributed by atoms with van der Waals surface area (Å²) in [7, 11) is 0. The van der Waals surface area contributed by atoms with Crippen LogP contribution in [-0.4, -0.2) is 66.7 Å². The van der Waals surface area contributed by atoms with Crippen LogP contribution in [0.4, 0.5) is 18.4 Å². The van der Waals surface area contributed by atoms with Gasteiger partial charge in [-0.15, -0.1) is 0 Å². The van der Waals surface area contributed by atoms with Gasteiger partial charge < -0.3 is 19.9 Å². The number of likely N-dealkylation sites (tertiary alicyclic amines) is 1. The molecule has 2 saturated heterocycles. The molecule has 0 aromatic rings. The van der Waals surface area contributed by atoms with Gasteiger partial charge in [0.2, 0.25) is 5.92 Å². The van der Waals surface area contributed by atoms with Crippen LogP contribution in [0.5, 0.6) is 0 Å². The summed E-state index contributed by atoms with van der Waals surface area (Å²) < 4.78 is 31.8. The van der Waals surface area contributed by atoms with Crippen molar-refractivity contribution in [2.45, 2.75) is 50.5 Å². The van der Waals surface area contributed by atoms with Crippen LogP contribution < -0.4 is 5.32 Å². The molecule has 0 radical (unpaired) electrons. The van der Waals surface area contributed by atoms with E-state index in [2.05, 4.69) is 5.32 Å². The van der Waals surface area contributed by atoms with Crippen LogP contribution in [-0.2, 0) is 4.74 Å². The second kappa shape index (κ2) is 7.21. The molecule has 2 aliphatic heterocycles. The number of nitrogens with one attached hydrogen (secondary N) is 1. The summed E-state index contributed by atoms with van der Waals surface area (Å²) in [5.74, 6) is -2.57. The number of nitrogens with zero attached hydrogens (tertiary/aromatic N) is 2. The number of amides is 2. The number of halogens is 2. The van der Waals surface area contributed by atoms with Crippen LogP contribution in [0.1, 0.15) is 38.5 Å². The average Bonchev–Trinajstić information content (AvgIpc) is 3.09. The first-order valence-electron chi connectivity index (χ1n) is 8.82. The fraction of sp³-hybridized carbons (Fsp3) is 0.875. The third-order valence-corrected chi connectivity index (χ3v) is 5.36. The lowest BCUT2D eigenvalue weighted by Gasteiger charge is -2.42. The Morgan fingerprint density at radius 2 is 1.71 bits per heavy atom. The van der Waals surface area contributed by atoms with E-state index in [0.717, 1.165) is 12.8 Å². The maximum atomic E-state index is 13.4. The molecule has 0 aromatic heterocycles.